The molecule has 3 aromatic carbocycles. The van der Waals surface area contributed by atoms with Crippen molar-refractivity contribution in [1.29, 1.82) is 0 Å². The minimum atomic E-state index is -0.819. The van der Waals surface area contributed by atoms with Gasteiger partial charge in [-0.15, -0.1) is 0 Å². The van der Waals surface area contributed by atoms with Gasteiger partial charge >= 0.3 is 6.03 Å². The van der Waals surface area contributed by atoms with E-state index in [0.717, 1.165) is 34.4 Å². The number of rotatable bonds is 4. The van der Waals surface area contributed by atoms with E-state index in [4.69, 9.17) is 0 Å². The van der Waals surface area contributed by atoms with Crippen molar-refractivity contribution in [3.05, 3.63) is 93.5 Å². The number of aromatic hydroxyl groups is 1. The zero-order chi connectivity index (χ0) is 23.0. The fourth-order valence-corrected chi connectivity index (χ4v) is 4.40. The van der Waals surface area contributed by atoms with E-state index >= 15 is 0 Å². The average Bonchev–Trinajstić information content (AvgIpc) is 3.19. The molecule has 3 aromatic rings. The Morgan fingerprint density at radius 2 is 1.69 bits per heavy atom. The Morgan fingerprint density at radius 1 is 1.03 bits per heavy atom. The Kier molecular flexibility index (Phi) is 5.87. The minimum Gasteiger partial charge on any atom is -0.507 e. The molecule has 0 radical (unpaired) electrons. The molecule has 0 bridgehead atoms. The maximum atomic E-state index is 14.2. The summed E-state index contributed by atoms with van der Waals surface area (Å²) < 4.78 is 27.5. The van der Waals surface area contributed by atoms with Gasteiger partial charge in [0.1, 0.15) is 17.4 Å². The van der Waals surface area contributed by atoms with Crippen molar-refractivity contribution in [2.75, 3.05) is 5.32 Å². The van der Waals surface area contributed by atoms with Crippen LogP contribution in [0.3, 0.4) is 0 Å². The number of aryl methyl sites for hydroxylation is 1. The monoisotopic (exact) mass is 436 g/mol. The minimum absolute atomic E-state index is 0.0632. The van der Waals surface area contributed by atoms with E-state index in [1.165, 1.54) is 17.2 Å². The third kappa shape index (κ3) is 4.17. The summed E-state index contributed by atoms with van der Waals surface area (Å²) >= 11 is 0. The van der Waals surface area contributed by atoms with Crippen LogP contribution in [0.15, 0.2) is 48.5 Å². The first-order valence-electron chi connectivity index (χ1n) is 10.6. The Balaban J connectivity index is 1.67. The predicted octanol–water partition coefficient (Wildman–Crippen LogP) is 5.80. The lowest BCUT2D eigenvalue weighted by molar-refractivity contribution is 0.185. The van der Waals surface area contributed by atoms with Gasteiger partial charge in [-0.25, -0.2) is 13.6 Å². The second-order valence-electron chi connectivity index (χ2n) is 8.46. The van der Waals surface area contributed by atoms with Gasteiger partial charge in [0.15, 0.2) is 0 Å². The number of benzene rings is 3. The highest BCUT2D eigenvalue weighted by Gasteiger charge is 2.31. The molecule has 1 aliphatic carbocycles. The second-order valence-corrected chi connectivity index (χ2v) is 8.46. The van der Waals surface area contributed by atoms with Gasteiger partial charge in [-0.3, -0.25) is 0 Å². The molecule has 6 heteroatoms. The van der Waals surface area contributed by atoms with Gasteiger partial charge in [0, 0.05) is 18.7 Å². The first-order chi connectivity index (χ1) is 15.2. The van der Waals surface area contributed by atoms with Crippen LogP contribution in [0.5, 0.6) is 5.75 Å². The van der Waals surface area contributed by atoms with Gasteiger partial charge in [-0.2, -0.15) is 0 Å². The van der Waals surface area contributed by atoms with Crippen LogP contribution in [0.1, 0.15) is 33.4 Å². The molecule has 0 heterocycles. The molecule has 4 nitrogen and oxygen atoms in total. The normalized spacial score (nSPS) is 13.2. The number of carbonyl (C=O) groups excluding carboxylic acids is 1. The number of halogens is 2. The van der Waals surface area contributed by atoms with E-state index in [0.29, 0.717) is 19.4 Å². The number of fused-ring (bicyclic) bond motifs is 1. The lowest BCUT2D eigenvalue weighted by Crippen LogP contribution is -2.43. The van der Waals surface area contributed by atoms with Crippen LogP contribution in [-0.4, -0.2) is 22.1 Å². The van der Waals surface area contributed by atoms with Crippen LogP contribution in [0.2, 0.25) is 0 Å². The number of nitrogens with zero attached hydrogens (tertiary/aromatic N) is 1. The number of phenols is 1. The van der Waals surface area contributed by atoms with E-state index in [1.54, 1.807) is 4.90 Å². The van der Waals surface area contributed by atoms with Gasteiger partial charge < -0.3 is 15.3 Å². The quantitative estimate of drug-likeness (QED) is 0.543. The van der Waals surface area contributed by atoms with Gasteiger partial charge in [0.25, 0.3) is 0 Å². The number of urea groups is 1. The summed E-state index contributed by atoms with van der Waals surface area (Å²) in [5.41, 5.74) is 5.67. The first kappa shape index (κ1) is 21.8. The van der Waals surface area contributed by atoms with Gasteiger partial charge in [-0.1, -0.05) is 30.3 Å². The third-order valence-corrected chi connectivity index (χ3v) is 6.41. The summed E-state index contributed by atoms with van der Waals surface area (Å²) in [6.45, 7) is 5.91. The van der Waals surface area contributed by atoms with Crippen molar-refractivity contribution in [2.24, 2.45) is 0 Å². The van der Waals surface area contributed by atoms with E-state index in [9.17, 15) is 18.7 Å². The SMILES string of the molecule is Cc1cc(CN(C(=O)Nc2ccc(F)cc2F)C2Cc3ccccc3C2)c(C)c(C)c1O. The Labute approximate surface area is 186 Å². The summed E-state index contributed by atoms with van der Waals surface area (Å²) in [7, 11) is 0. The van der Waals surface area contributed by atoms with Crippen molar-refractivity contribution in [3.8, 4) is 5.75 Å². The number of phenolic OH excluding ortho intramolecular Hbond substituents is 1. The number of anilines is 1. The maximum absolute atomic E-state index is 14.2. The Bertz CT molecular complexity index is 1170. The van der Waals surface area contributed by atoms with Crippen molar-refractivity contribution < 1.29 is 18.7 Å². The smallest absolute Gasteiger partial charge is 0.322 e. The molecule has 32 heavy (non-hydrogen) atoms. The van der Waals surface area contributed by atoms with Crippen LogP contribution < -0.4 is 5.32 Å². The molecule has 0 aromatic heterocycles. The predicted molar refractivity (Wildman–Crippen MR) is 121 cm³/mol. The summed E-state index contributed by atoms with van der Waals surface area (Å²) in [6, 6.07) is 12.5. The topological polar surface area (TPSA) is 52.6 Å². The fraction of sp³-hybridized carbons (Fsp3) is 0.269. The number of carbonyl (C=O) groups is 1. The van der Waals surface area contributed by atoms with E-state index in [1.807, 2.05) is 39.0 Å². The highest BCUT2D eigenvalue weighted by Crippen LogP contribution is 2.31. The van der Waals surface area contributed by atoms with Crippen LogP contribution in [0, 0.1) is 32.4 Å². The fourth-order valence-electron chi connectivity index (χ4n) is 4.40. The molecule has 0 saturated heterocycles. The number of nitrogens with one attached hydrogen (secondary N) is 1. The molecule has 166 valence electrons. The van der Waals surface area contributed by atoms with Crippen LogP contribution >= 0.6 is 0 Å². The molecular weight excluding hydrogens is 410 g/mol. The number of amides is 2. The molecule has 0 atom stereocenters. The molecular formula is C26H26F2N2O2. The van der Waals surface area contributed by atoms with Crippen molar-refractivity contribution >= 4 is 11.7 Å². The summed E-state index contributed by atoms with van der Waals surface area (Å²) in [4.78, 5) is 15.1. The van der Waals surface area contributed by atoms with Crippen molar-refractivity contribution in [3.63, 3.8) is 0 Å². The van der Waals surface area contributed by atoms with Gasteiger partial charge in [-0.05, 0) is 79.1 Å². The zero-order valence-electron chi connectivity index (χ0n) is 18.4. The van der Waals surface area contributed by atoms with Crippen LogP contribution in [0.25, 0.3) is 0 Å². The van der Waals surface area contributed by atoms with Gasteiger partial charge in [0.05, 0.1) is 5.69 Å². The average molecular weight is 437 g/mol. The standard InChI is InChI=1S/C26H26F2N2O2/c1-15-10-20(16(2)17(3)25(15)31)14-30(22-11-18-6-4-5-7-19(18)12-22)26(32)29-24-9-8-21(27)13-23(24)28/h4-10,13,22,31H,11-12,14H2,1-3H3,(H,29,32). The summed E-state index contributed by atoms with van der Waals surface area (Å²) in [6.07, 6.45) is 1.40. The highest BCUT2D eigenvalue weighted by molar-refractivity contribution is 5.89. The van der Waals surface area contributed by atoms with Crippen LogP contribution in [0.4, 0.5) is 19.3 Å². The molecule has 0 unspecified atom stereocenters. The second kappa shape index (κ2) is 8.61. The molecule has 0 aliphatic heterocycles. The lowest BCUT2D eigenvalue weighted by Gasteiger charge is -2.30. The molecule has 0 saturated carbocycles. The molecule has 0 spiro atoms. The Morgan fingerprint density at radius 3 is 2.31 bits per heavy atom. The first-order valence-corrected chi connectivity index (χ1v) is 10.6. The molecule has 1 aliphatic rings. The highest BCUT2D eigenvalue weighted by atomic mass is 19.1. The summed E-state index contributed by atoms with van der Waals surface area (Å²) in [5, 5.41) is 12.9. The number of hydrogen-bond acceptors (Lipinski definition) is 2. The Hall–Kier alpha value is -3.41. The summed E-state index contributed by atoms with van der Waals surface area (Å²) in [5.74, 6) is -1.27. The third-order valence-electron chi connectivity index (χ3n) is 6.41. The van der Waals surface area contributed by atoms with E-state index in [2.05, 4.69) is 17.4 Å². The van der Waals surface area contributed by atoms with E-state index < -0.39 is 17.7 Å². The lowest BCUT2D eigenvalue weighted by atomic mass is 9.97. The zero-order valence-corrected chi connectivity index (χ0v) is 18.4. The number of hydrogen-bond donors (Lipinski definition) is 2. The largest absolute Gasteiger partial charge is 0.507 e. The molecule has 4 rings (SSSR count). The molecule has 2 amide bonds. The molecule has 2 N–H and O–H groups in total. The van der Waals surface area contributed by atoms with Crippen molar-refractivity contribution in [2.45, 2.75) is 46.2 Å². The van der Waals surface area contributed by atoms with E-state index in [-0.39, 0.29) is 17.5 Å². The van der Waals surface area contributed by atoms with Gasteiger partial charge in [0.2, 0.25) is 0 Å². The van der Waals surface area contributed by atoms with Crippen molar-refractivity contribution in [1.82, 2.24) is 4.90 Å². The molecule has 0 fully saturated rings. The van der Waals surface area contributed by atoms with Crippen LogP contribution in [-0.2, 0) is 19.4 Å². The maximum Gasteiger partial charge on any atom is 0.322 e.